The highest BCUT2D eigenvalue weighted by molar-refractivity contribution is 7.80. The number of nitrogens with one attached hydrogen (secondary N) is 1. The molecule has 3 N–H and O–H groups in total. The molecule has 1 aliphatic carbocycles. The third-order valence-electron chi connectivity index (χ3n) is 3.87. The molecule has 1 amide bonds. The van der Waals surface area contributed by atoms with E-state index in [2.05, 4.69) is 12.2 Å². The van der Waals surface area contributed by atoms with Crippen molar-refractivity contribution in [3.05, 3.63) is 29.8 Å². The highest BCUT2D eigenvalue weighted by atomic mass is 32.1. The Morgan fingerprint density at radius 1 is 1.50 bits per heavy atom. The molecule has 5 heteroatoms. The molecule has 0 heterocycles. The highest BCUT2D eigenvalue weighted by Gasteiger charge is 2.50. The summed E-state index contributed by atoms with van der Waals surface area (Å²) in [5.74, 6) is 0.378. The summed E-state index contributed by atoms with van der Waals surface area (Å²) >= 11 is 5.10. The third-order valence-corrected chi connectivity index (χ3v) is 4.26. The standard InChI is InChI=1S/C15H20N2O2S/c1-10-7-15(8-10,13(16)20)14(18)17-12-6-4-3-5-11(12)9-19-2/h3-6,10H,7-9H2,1-2H3,(H2,16,20)(H,17,18). The molecule has 4 nitrogen and oxygen atoms in total. The van der Waals surface area contributed by atoms with Crippen LogP contribution in [0.4, 0.5) is 5.69 Å². The summed E-state index contributed by atoms with van der Waals surface area (Å²) < 4.78 is 5.14. The van der Waals surface area contributed by atoms with Crippen LogP contribution in [0.2, 0.25) is 0 Å². The molecular weight excluding hydrogens is 272 g/mol. The molecule has 0 aromatic heterocycles. The van der Waals surface area contributed by atoms with Gasteiger partial charge < -0.3 is 15.8 Å². The number of anilines is 1. The van der Waals surface area contributed by atoms with E-state index in [1.165, 1.54) is 0 Å². The Bertz CT molecular complexity index is 524. The van der Waals surface area contributed by atoms with Gasteiger partial charge in [0.1, 0.15) is 0 Å². The number of nitrogens with two attached hydrogens (primary N) is 1. The molecule has 0 saturated heterocycles. The van der Waals surface area contributed by atoms with Gasteiger partial charge in [-0.3, -0.25) is 4.79 Å². The Morgan fingerprint density at radius 3 is 2.70 bits per heavy atom. The van der Waals surface area contributed by atoms with E-state index >= 15 is 0 Å². The minimum absolute atomic E-state index is 0.105. The van der Waals surface area contributed by atoms with Crippen LogP contribution in [0.25, 0.3) is 0 Å². The van der Waals surface area contributed by atoms with Crippen LogP contribution in [0.1, 0.15) is 25.3 Å². The number of methoxy groups -OCH3 is 1. The van der Waals surface area contributed by atoms with E-state index < -0.39 is 5.41 Å². The number of ether oxygens (including phenoxy) is 1. The predicted molar refractivity (Wildman–Crippen MR) is 83.4 cm³/mol. The van der Waals surface area contributed by atoms with Crippen molar-refractivity contribution in [3.63, 3.8) is 0 Å². The normalized spacial score (nSPS) is 24.8. The SMILES string of the molecule is COCc1ccccc1NC(=O)C1(C(N)=S)CC(C)C1. The molecule has 1 aromatic rings. The van der Waals surface area contributed by atoms with Crippen molar-refractivity contribution in [1.82, 2.24) is 0 Å². The third kappa shape index (κ3) is 2.69. The summed E-state index contributed by atoms with van der Waals surface area (Å²) in [6, 6.07) is 7.59. The number of benzene rings is 1. The smallest absolute Gasteiger partial charge is 0.237 e. The van der Waals surface area contributed by atoms with E-state index in [9.17, 15) is 4.79 Å². The Morgan fingerprint density at radius 2 is 2.15 bits per heavy atom. The van der Waals surface area contributed by atoms with Crippen LogP contribution >= 0.6 is 12.2 Å². The lowest BCUT2D eigenvalue weighted by atomic mass is 9.62. The van der Waals surface area contributed by atoms with Crippen molar-refractivity contribution in [3.8, 4) is 0 Å². The first-order chi connectivity index (χ1) is 9.49. The number of thiocarbonyl (C=S) groups is 1. The molecule has 0 bridgehead atoms. The van der Waals surface area contributed by atoms with Crippen LogP contribution in [0.3, 0.4) is 0 Å². The van der Waals surface area contributed by atoms with Gasteiger partial charge in [-0.25, -0.2) is 0 Å². The second kappa shape index (κ2) is 5.89. The molecule has 108 valence electrons. The minimum atomic E-state index is -0.686. The molecule has 1 aliphatic rings. The first-order valence-corrected chi connectivity index (χ1v) is 7.08. The van der Waals surface area contributed by atoms with E-state index in [1.54, 1.807) is 7.11 Å². The fraction of sp³-hybridized carbons (Fsp3) is 0.467. The molecule has 0 atom stereocenters. The molecule has 1 fully saturated rings. The quantitative estimate of drug-likeness (QED) is 0.818. The van der Waals surface area contributed by atoms with Gasteiger partial charge in [-0.15, -0.1) is 0 Å². The largest absolute Gasteiger partial charge is 0.392 e. The van der Waals surface area contributed by atoms with Crippen LogP contribution in [0, 0.1) is 11.3 Å². The number of rotatable bonds is 5. The van der Waals surface area contributed by atoms with Gasteiger partial charge in [0, 0.05) is 18.4 Å². The van der Waals surface area contributed by atoms with Gasteiger partial charge in [-0.05, 0) is 24.8 Å². The topological polar surface area (TPSA) is 64.3 Å². The molecule has 0 unspecified atom stereocenters. The van der Waals surface area contributed by atoms with Gasteiger partial charge in [-0.2, -0.15) is 0 Å². The average molecular weight is 292 g/mol. The lowest BCUT2D eigenvalue weighted by Crippen LogP contribution is -2.53. The number of para-hydroxylation sites is 1. The summed E-state index contributed by atoms with van der Waals surface area (Å²) in [5, 5.41) is 2.95. The lowest BCUT2D eigenvalue weighted by molar-refractivity contribution is -0.127. The van der Waals surface area contributed by atoms with Gasteiger partial charge >= 0.3 is 0 Å². The maximum Gasteiger partial charge on any atom is 0.237 e. The number of carbonyl (C=O) groups is 1. The van der Waals surface area contributed by atoms with Crippen LogP contribution < -0.4 is 11.1 Å². The van der Waals surface area contributed by atoms with Gasteiger partial charge in [0.2, 0.25) is 5.91 Å². The molecule has 0 aliphatic heterocycles. The molecule has 20 heavy (non-hydrogen) atoms. The summed E-state index contributed by atoms with van der Waals surface area (Å²) in [5.41, 5.74) is 6.80. The van der Waals surface area contributed by atoms with Crippen LogP contribution in [0.15, 0.2) is 24.3 Å². The Labute approximate surface area is 124 Å². The Kier molecular flexibility index (Phi) is 4.40. The van der Waals surface area contributed by atoms with Crippen LogP contribution in [-0.4, -0.2) is 18.0 Å². The first-order valence-electron chi connectivity index (χ1n) is 6.68. The van der Waals surface area contributed by atoms with Gasteiger partial charge in [0.25, 0.3) is 0 Å². The van der Waals surface area contributed by atoms with E-state index in [-0.39, 0.29) is 10.9 Å². The molecule has 1 saturated carbocycles. The molecule has 0 spiro atoms. The van der Waals surface area contributed by atoms with Crippen molar-refractivity contribution in [2.24, 2.45) is 17.1 Å². The van der Waals surface area contributed by atoms with Gasteiger partial charge in [0.05, 0.1) is 17.0 Å². The predicted octanol–water partition coefficient (Wildman–Crippen LogP) is 2.47. The maximum atomic E-state index is 12.5. The lowest BCUT2D eigenvalue weighted by Gasteiger charge is -2.44. The number of hydrogen-bond acceptors (Lipinski definition) is 3. The second-order valence-electron chi connectivity index (χ2n) is 5.50. The van der Waals surface area contributed by atoms with E-state index in [0.29, 0.717) is 12.5 Å². The Hall–Kier alpha value is -1.46. The van der Waals surface area contributed by atoms with Crippen LogP contribution in [-0.2, 0) is 16.1 Å². The van der Waals surface area contributed by atoms with E-state index in [1.807, 2.05) is 24.3 Å². The maximum absolute atomic E-state index is 12.5. The Balaban J connectivity index is 2.17. The summed E-state index contributed by atoms with van der Waals surface area (Å²) in [7, 11) is 1.63. The minimum Gasteiger partial charge on any atom is -0.392 e. The summed E-state index contributed by atoms with van der Waals surface area (Å²) in [6.07, 6.45) is 1.45. The number of amides is 1. The zero-order valence-electron chi connectivity index (χ0n) is 11.8. The van der Waals surface area contributed by atoms with Gasteiger partial charge in [-0.1, -0.05) is 37.3 Å². The fourth-order valence-electron chi connectivity index (χ4n) is 2.79. The fourth-order valence-corrected chi connectivity index (χ4v) is 3.05. The van der Waals surface area contributed by atoms with Crippen molar-refractivity contribution in [2.45, 2.75) is 26.4 Å². The second-order valence-corrected chi connectivity index (χ2v) is 5.94. The van der Waals surface area contributed by atoms with Crippen molar-refractivity contribution in [2.75, 3.05) is 12.4 Å². The number of hydrogen-bond donors (Lipinski definition) is 2. The highest BCUT2D eigenvalue weighted by Crippen LogP contribution is 2.46. The van der Waals surface area contributed by atoms with Crippen molar-refractivity contribution >= 4 is 28.8 Å². The van der Waals surface area contributed by atoms with Crippen molar-refractivity contribution in [1.29, 1.82) is 0 Å². The monoisotopic (exact) mass is 292 g/mol. The molecule has 1 aromatic carbocycles. The van der Waals surface area contributed by atoms with E-state index in [4.69, 9.17) is 22.7 Å². The summed E-state index contributed by atoms with van der Waals surface area (Å²) in [4.78, 5) is 12.8. The van der Waals surface area contributed by atoms with Crippen LogP contribution in [0.5, 0.6) is 0 Å². The average Bonchev–Trinajstić information content (AvgIpc) is 2.36. The molecule has 0 radical (unpaired) electrons. The first kappa shape index (κ1) is 14.9. The van der Waals surface area contributed by atoms with E-state index in [0.717, 1.165) is 24.1 Å². The zero-order chi connectivity index (χ0) is 14.8. The zero-order valence-corrected chi connectivity index (χ0v) is 12.6. The molecule has 2 rings (SSSR count). The van der Waals surface area contributed by atoms with Gasteiger partial charge in [0.15, 0.2) is 0 Å². The van der Waals surface area contributed by atoms with Crippen molar-refractivity contribution < 1.29 is 9.53 Å². The molecular formula is C15H20N2O2S. The number of carbonyl (C=O) groups excluding carboxylic acids is 1. The summed E-state index contributed by atoms with van der Waals surface area (Å²) in [6.45, 7) is 2.55.